The molecule has 0 aliphatic carbocycles. The van der Waals surface area contributed by atoms with Gasteiger partial charge >= 0.3 is 0 Å². The van der Waals surface area contributed by atoms with Gasteiger partial charge in [0.05, 0.1) is 12.1 Å². The Kier molecular flexibility index (Phi) is 4.59. The van der Waals surface area contributed by atoms with Crippen molar-refractivity contribution >= 4 is 28.5 Å². The first kappa shape index (κ1) is 17.2. The molecular formula is C18H20N6O3. The van der Waals surface area contributed by atoms with E-state index in [-0.39, 0.29) is 18.4 Å². The zero-order chi connectivity index (χ0) is 18.8. The van der Waals surface area contributed by atoms with Crippen molar-refractivity contribution in [2.75, 3.05) is 38.0 Å². The van der Waals surface area contributed by atoms with E-state index in [1.54, 1.807) is 17.9 Å². The van der Waals surface area contributed by atoms with Crippen molar-refractivity contribution < 1.29 is 14.1 Å². The number of anilines is 1. The van der Waals surface area contributed by atoms with Gasteiger partial charge in [-0.15, -0.1) is 0 Å². The fraction of sp³-hybridized carbons (Fsp3) is 0.333. The van der Waals surface area contributed by atoms with Crippen molar-refractivity contribution in [3.05, 3.63) is 41.8 Å². The van der Waals surface area contributed by atoms with Crippen LogP contribution in [-0.4, -0.2) is 69.7 Å². The molecule has 4 rings (SSSR count). The predicted octanol–water partition coefficient (Wildman–Crippen LogP) is 1.26. The number of rotatable bonds is 4. The van der Waals surface area contributed by atoms with Crippen LogP contribution in [0, 0.1) is 6.92 Å². The quantitative estimate of drug-likeness (QED) is 0.718. The number of nitrogens with zero attached hydrogens (tertiary/aromatic N) is 4. The SMILES string of the molecule is Cc1cc(NC(=O)CN2CCN(C(=O)c3n[nH]c4ccccc34)CC2)no1. The van der Waals surface area contributed by atoms with Crippen LogP contribution in [0.15, 0.2) is 34.9 Å². The van der Waals surface area contributed by atoms with Gasteiger partial charge in [0.15, 0.2) is 11.5 Å². The molecule has 1 aromatic carbocycles. The van der Waals surface area contributed by atoms with Gasteiger partial charge in [-0.1, -0.05) is 23.4 Å². The van der Waals surface area contributed by atoms with Gasteiger partial charge in [-0.05, 0) is 13.0 Å². The highest BCUT2D eigenvalue weighted by Gasteiger charge is 2.26. The molecule has 3 aromatic rings. The van der Waals surface area contributed by atoms with Crippen LogP contribution in [0.5, 0.6) is 0 Å². The number of hydrogen-bond acceptors (Lipinski definition) is 6. The number of piperazine rings is 1. The summed E-state index contributed by atoms with van der Waals surface area (Å²) in [5.74, 6) is 0.816. The highest BCUT2D eigenvalue weighted by atomic mass is 16.5. The number of para-hydroxylation sites is 1. The fourth-order valence-corrected chi connectivity index (χ4v) is 3.20. The number of aryl methyl sites for hydroxylation is 1. The molecule has 0 bridgehead atoms. The molecule has 0 saturated carbocycles. The van der Waals surface area contributed by atoms with E-state index in [0.717, 1.165) is 10.9 Å². The zero-order valence-corrected chi connectivity index (χ0v) is 14.9. The van der Waals surface area contributed by atoms with Crippen molar-refractivity contribution in [2.24, 2.45) is 0 Å². The summed E-state index contributed by atoms with van der Waals surface area (Å²) in [4.78, 5) is 28.7. The highest BCUT2D eigenvalue weighted by molar-refractivity contribution is 6.04. The van der Waals surface area contributed by atoms with Gasteiger partial charge in [-0.2, -0.15) is 5.10 Å². The number of H-pyrrole nitrogens is 1. The number of nitrogens with one attached hydrogen (secondary N) is 2. The van der Waals surface area contributed by atoms with E-state index in [9.17, 15) is 9.59 Å². The van der Waals surface area contributed by atoms with Crippen LogP contribution in [-0.2, 0) is 4.79 Å². The van der Waals surface area contributed by atoms with Crippen LogP contribution < -0.4 is 5.32 Å². The number of carbonyl (C=O) groups is 2. The third-order valence-corrected chi connectivity index (χ3v) is 4.60. The van der Waals surface area contributed by atoms with Crippen molar-refractivity contribution in [1.82, 2.24) is 25.2 Å². The Bertz CT molecular complexity index is 970. The first-order chi connectivity index (χ1) is 13.1. The molecule has 0 atom stereocenters. The molecule has 3 heterocycles. The van der Waals surface area contributed by atoms with Gasteiger partial charge in [-0.3, -0.25) is 19.6 Å². The number of aromatic amines is 1. The molecule has 9 heteroatoms. The minimum absolute atomic E-state index is 0.0883. The van der Waals surface area contributed by atoms with E-state index in [1.165, 1.54) is 0 Å². The number of carbonyl (C=O) groups excluding carboxylic acids is 2. The summed E-state index contributed by atoms with van der Waals surface area (Å²) in [6.07, 6.45) is 0. The van der Waals surface area contributed by atoms with Gasteiger partial charge in [0.2, 0.25) is 5.91 Å². The average molecular weight is 368 g/mol. The third kappa shape index (κ3) is 3.68. The summed E-state index contributed by atoms with van der Waals surface area (Å²) in [6.45, 7) is 4.37. The lowest BCUT2D eigenvalue weighted by atomic mass is 10.2. The molecule has 27 heavy (non-hydrogen) atoms. The largest absolute Gasteiger partial charge is 0.360 e. The number of hydrogen-bond donors (Lipinski definition) is 2. The summed E-state index contributed by atoms with van der Waals surface area (Å²) in [6, 6.07) is 9.24. The minimum atomic E-state index is -0.152. The maximum Gasteiger partial charge on any atom is 0.275 e. The monoisotopic (exact) mass is 368 g/mol. The van der Waals surface area contributed by atoms with E-state index < -0.39 is 0 Å². The maximum atomic E-state index is 12.8. The molecule has 0 unspecified atom stereocenters. The second kappa shape index (κ2) is 7.20. The highest BCUT2D eigenvalue weighted by Crippen LogP contribution is 2.17. The lowest BCUT2D eigenvalue weighted by molar-refractivity contribution is -0.117. The normalized spacial score (nSPS) is 15.2. The molecule has 2 aromatic heterocycles. The number of benzene rings is 1. The van der Waals surface area contributed by atoms with Crippen molar-refractivity contribution in [2.45, 2.75) is 6.92 Å². The van der Waals surface area contributed by atoms with Crippen LogP contribution >= 0.6 is 0 Å². The van der Waals surface area contributed by atoms with E-state index in [0.29, 0.717) is 43.5 Å². The average Bonchev–Trinajstić information content (AvgIpc) is 3.28. The Morgan fingerprint density at radius 3 is 2.74 bits per heavy atom. The lowest BCUT2D eigenvalue weighted by Crippen LogP contribution is -2.50. The maximum absolute atomic E-state index is 12.8. The topological polar surface area (TPSA) is 107 Å². The summed E-state index contributed by atoms with van der Waals surface area (Å²) in [5.41, 5.74) is 1.29. The molecule has 1 aliphatic rings. The van der Waals surface area contributed by atoms with Crippen molar-refractivity contribution in [3.63, 3.8) is 0 Å². The fourth-order valence-electron chi connectivity index (χ4n) is 3.20. The van der Waals surface area contributed by atoms with Crippen LogP contribution in [0.4, 0.5) is 5.82 Å². The molecule has 2 N–H and O–H groups in total. The molecule has 1 fully saturated rings. The van der Waals surface area contributed by atoms with E-state index in [2.05, 4.69) is 20.7 Å². The second-order valence-corrected chi connectivity index (χ2v) is 6.56. The van der Waals surface area contributed by atoms with Gasteiger partial charge in [0.1, 0.15) is 5.76 Å². The van der Waals surface area contributed by atoms with Crippen LogP contribution in [0.3, 0.4) is 0 Å². The van der Waals surface area contributed by atoms with Gasteiger partial charge in [0, 0.05) is 37.6 Å². The van der Waals surface area contributed by atoms with Gasteiger partial charge in [0.25, 0.3) is 5.91 Å². The van der Waals surface area contributed by atoms with Gasteiger partial charge in [-0.25, -0.2) is 0 Å². The standard InChI is InChI=1S/C18H20N6O3/c1-12-10-15(22-27-12)19-16(25)11-23-6-8-24(9-7-23)18(26)17-13-4-2-3-5-14(13)20-21-17/h2-5,10H,6-9,11H2,1H3,(H,20,21)(H,19,22,25). The summed E-state index contributed by atoms with van der Waals surface area (Å²) >= 11 is 0. The Morgan fingerprint density at radius 1 is 1.22 bits per heavy atom. The minimum Gasteiger partial charge on any atom is -0.360 e. The number of fused-ring (bicyclic) bond motifs is 1. The zero-order valence-electron chi connectivity index (χ0n) is 14.9. The first-order valence-corrected chi connectivity index (χ1v) is 8.78. The number of aromatic nitrogens is 3. The predicted molar refractivity (Wildman–Crippen MR) is 98.3 cm³/mol. The summed E-state index contributed by atoms with van der Waals surface area (Å²) < 4.78 is 4.93. The first-order valence-electron chi connectivity index (χ1n) is 8.78. The molecule has 1 aliphatic heterocycles. The third-order valence-electron chi connectivity index (χ3n) is 4.60. The Hall–Kier alpha value is -3.20. The second-order valence-electron chi connectivity index (χ2n) is 6.56. The molecule has 2 amide bonds. The molecule has 1 saturated heterocycles. The van der Waals surface area contributed by atoms with Crippen molar-refractivity contribution in [1.29, 1.82) is 0 Å². The molecule has 9 nitrogen and oxygen atoms in total. The lowest BCUT2D eigenvalue weighted by Gasteiger charge is -2.33. The molecule has 140 valence electrons. The Morgan fingerprint density at radius 2 is 2.00 bits per heavy atom. The molecular weight excluding hydrogens is 348 g/mol. The summed E-state index contributed by atoms with van der Waals surface area (Å²) in [7, 11) is 0. The smallest absolute Gasteiger partial charge is 0.275 e. The van der Waals surface area contributed by atoms with Crippen LogP contribution in [0.2, 0.25) is 0 Å². The Labute approximate surface area is 155 Å². The number of amides is 2. The van der Waals surface area contributed by atoms with E-state index in [4.69, 9.17) is 4.52 Å². The molecule has 0 radical (unpaired) electrons. The van der Waals surface area contributed by atoms with E-state index >= 15 is 0 Å². The Balaban J connectivity index is 1.32. The van der Waals surface area contributed by atoms with Crippen molar-refractivity contribution in [3.8, 4) is 0 Å². The van der Waals surface area contributed by atoms with Gasteiger partial charge < -0.3 is 14.7 Å². The van der Waals surface area contributed by atoms with Crippen LogP contribution in [0.1, 0.15) is 16.2 Å². The molecule has 0 spiro atoms. The van der Waals surface area contributed by atoms with Crippen LogP contribution in [0.25, 0.3) is 10.9 Å². The summed E-state index contributed by atoms with van der Waals surface area (Å²) in [5, 5.41) is 14.4. The van der Waals surface area contributed by atoms with E-state index in [1.807, 2.05) is 29.2 Å².